The molecule has 2 N–H and O–H groups in total. The van der Waals surface area contributed by atoms with Crippen LogP contribution in [0.5, 0.6) is 5.75 Å². The zero-order valence-electron chi connectivity index (χ0n) is 12.0. The quantitative estimate of drug-likeness (QED) is 0.814. The number of nitrogens with two attached hydrogens (primary N) is 1. The van der Waals surface area contributed by atoms with Gasteiger partial charge in [0.1, 0.15) is 5.75 Å². The van der Waals surface area contributed by atoms with Gasteiger partial charge < -0.3 is 15.4 Å². The van der Waals surface area contributed by atoms with Crippen molar-refractivity contribution in [1.29, 1.82) is 0 Å². The van der Waals surface area contributed by atoms with E-state index in [1.54, 1.807) is 42.0 Å². The van der Waals surface area contributed by atoms with Gasteiger partial charge in [0.25, 0.3) is 5.91 Å². The average Bonchev–Trinajstić information content (AvgIpc) is 2.43. The van der Waals surface area contributed by atoms with Crippen molar-refractivity contribution in [2.75, 3.05) is 31.9 Å². The van der Waals surface area contributed by atoms with E-state index in [-0.39, 0.29) is 11.9 Å². The number of anilines is 1. The fraction of sp³-hybridized carbons (Fsp3) is 0.500. The van der Waals surface area contributed by atoms with Crippen molar-refractivity contribution >= 4 is 23.4 Å². The van der Waals surface area contributed by atoms with E-state index in [1.807, 2.05) is 13.3 Å². The van der Waals surface area contributed by atoms with Crippen LogP contribution in [0.2, 0.25) is 0 Å². The summed E-state index contributed by atoms with van der Waals surface area (Å²) in [6.45, 7) is 2.08. The Hall–Kier alpha value is -1.36. The van der Waals surface area contributed by atoms with Crippen LogP contribution in [0.1, 0.15) is 23.7 Å². The Labute approximate surface area is 119 Å². The second-order valence-electron chi connectivity index (χ2n) is 4.39. The number of nitrogens with zero attached hydrogens (tertiary/aromatic N) is 1. The molecule has 1 unspecified atom stereocenters. The molecule has 1 aromatic rings. The first-order valence-electron chi connectivity index (χ1n) is 6.24. The summed E-state index contributed by atoms with van der Waals surface area (Å²) in [4.78, 5) is 14.3. The fourth-order valence-corrected chi connectivity index (χ4v) is 2.74. The molecule has 0 aliphatic heterocycles. The fourth-order valence-electron chi connectivity index (χ4n) is 1.90. The van der Waals surface area contributed by atoms with Crippen LogP contribution < -0.4 is 10.5 Å². The monoisotopic (exact) mass is 282 g/mol. The van der Waals surface area contributed by atoms with Crippen molar-refractivity contribution in [2.45, 2.75) is 19.4 Å². The van der Waals surface area contributed by atoms with Gasteiger partial charge in [-0.2, -0.15) is 11.8 Å². The summed E-state index contributed by atoms with van der Waals surface area (Å²) in [6, 6.07) is 5.37. The highest BCUT2D eigenvalue weighted by atomic mass is 32.2. The van der Waals surface area contributed by atoms with E-state index in [2.05, 4.69) is 6.92 Å². The molecule has 4 nitrogen and oxygen atoms in total. The molecule has 106 valence electrons. The van der Waals surface area contributed by atoms with Gasteiger partial charge in [0.05, 0.1) is 12.7 Å². The van der Waals surface area contributed by atoms with Crippen LogP contribution in [0.4, 0.5) is 5.69 Å². The molecule has 0 spiro atoms. The van der Waals surface area contributed by atoms with E-state index >= 15 is 0 Å². The minimum absolute atomic E-state index is 0.0581. The van der Waals surface area contributed by atoms with Crippen LogP contribution in [-0.2, 0) is 0 Å². The maximum absolute atomic E-state index is 12.5. The summed E-state index contributed by atoms with van der Waals surface area (Å²) in [5.41, 5.74) is 6.87. The minimum atomic E-state index is -0.0581. The van der Waals surface area contributed by atoms with Gasteiger partial charge in [-0.05, 0) is 30.9 Å². The lowest BCUT2D eigenvalue weighted by molar-refractivity contribution is 0.0744. The molecule has 19 heavy (non-hydrogen) atoms. The first kappa shape index (κ1) is 15.7. The van der Waals surface area contributed by atoms with Crippen molar-refractivity contribution in [2.24, 2.45) is 0 Å². The van der Waals surface area contributed by atoms with Crippen molar-refractivity contribution in [1.82, 2.24) is 4.90 Å². The second kappa shape index (κ2) is 7.28. The first-order chi connectivity index (χ1) is 9.04. The van der Waals surface area contributed by atoms with Gasteiger partial charge >= 0.3 is 0 Å². The highest BCUT2D eigenvalue weighted by Crippen LogP contribution is 2.22. The van der Waals surface area contributed by atoms with Crippen molar-refractivity contribution in [3.8, 4) is 5.75 Å². The van der Waals surface area contributed by atoms with E-state index < -0.39 is 0 Å². The number of benzene rings is 1. The number of hydrogen-bond donors (Lipinski definition) is 1. The lowest BCUT2D eigenvalue weighted by Gasteiger charge is -2.27. The van der Waals surface area contributed by atoms with Crippen LogP contribution in [0.25, 0.3) is 0 Å². The number of carbonyl (C=O) groups is 1. The third-order valence-electron chi connectivity index (χ3n) is 3.19. The van der Waals surface area contributed by atoms with E-state index in [9.17, 15) is 4.79 Å². The number of rotatable bonds is 6. The highest BCUT2D eigenvalue weighted by molar-refractivity contribution is 7.98. The Balaban J connectivity index is 2.98. The topological polar surface area (TPSA) is 55.6 Å². The SMILES string of the molecule is CCC(CSC)N(C)C(=O)c1cc(OC)ccc1N. The molecule has 0 saturated heterocycles. The third kappa shape index (κ3) is 3.80. The number of ether oxygens (including phenoxy) is 1. The Morgan fingerprint density at radius 1 is 1.53 bits per heavy atom. The zero-order chi connectivity index (χ0) is 14.4. The summed E-state index contributed by atoms with van der Waals surface area (Å²) in [5, 5.41) is 0. The number of hydrogen-bond acceptors (Lipinski definition) is 4. The van der Waals surface area contributed by atoms with E-state index in [4.69, 9.17) is 10.5 Å². The summed E-state index contributed by atoms with van der Waals surface area (Å²) < 4.78 is 5.14. The lowest BCUT2D eigenvalue weighted by atomic mass is 10.1. The van der Waals surface area contributed by atoms with Gasteiger partial charge in [0.15, 0.2) is 0 Å². The molecule has 0 bridgehead atoms. The molecule has 0 aliphatic carbocycles. The van der Waals surface area contributed by atoms with Crippen LogP contribution in [0.3, 0.4) is 0 Å². The molecule has 0 saturated carbocycles. The molecule has 1 aromatic carbocycles. The molecule has 0 aliphatic rings. The molecule has 5 heteroatoms. The summed E-state index contributed by atoms with van der Waals surface area (Å²) >= 11 is 1.74. The Morgan fingerprint density at radius 2 is 2.21 bits per heavy atom. The maximum Gasteiger partial charge on any atom is 0.256 e. The molecule has 1 amide bonds. The first-order valence-corrected chi connectivity index (χ1v) is 7.64. The normalized spacial score (nSPS) is 12.0. The number of amides is 1. The second-order valence-corrected chi connectivity index (χ2v) is 5.30. The number of thioether (sulfide) groups is 1. The largest absolute Gasteiger partial charge is 0.497 e. The molecule has 0 aromatic heterocycles. The molecule has 1 rings (SSSR count). The molecule has 0 radical (unpaired) electrons. The molecule has 0 heterocycles. The maximum atomic E-state index is 12.5. The Kier molecular flexibility index (Phi) is 6.02. The Bertz CT molecular complexity index is 437. The minimum Gasteiger partial charge on any atom is -0.497 e. The van der Waals surface area contributed by atoms with Crippen LogP contribution >= 0.6 is 11.8 Å². The van der Waals surface area contributed by atoms with Crippen molar-refractivity contribution in [3.05, 3.63) is 23.8 Å². The van der Waals surface area contributed by atoms with Crippen molar-refractivity contribution in [3.63, 3.8) is 0 Å². The average molecular weight is 282 g/mol. The van der Waals surface area contributed by atoms with Gasteiger partial charge in [0.2, 0.25) is 0 Å². The van der Waals surface area contributed by atoms with Gasteiger partial charge in [0, 0.05) is 24.5 Å². The van der Waals surface area contributed by atoms with Crippen LogP contribution in [-0.4, -0.2) is 43.0 Å². The molecular formula is C14H22N2O2S. The predicted molar refractivity (Wildman–Crippen MR) is 82.0 cm³/mol. The van der Waals surface area contributed by atoms with Crippen LogP contribution in [0, 0.1) is 0 Å². The number of nitrogen functional groups attached to an aromatic ring is 1. The molecular weight excluding hydrogens is 260 g/mol. The van der Waals surface area contributed by atoms with E-state index in [0.29, 0.717) is 17.0 Å². The number of carbonyl (C=O) groups excluding carboxylic acids is 1. The zero-order valence-corrected chi connectivity index (χ0v) is 12.8. The van der Waals surface area contributed by atoms with E-state index in [1.165, 1.54) is 0 Å². The third-order valence-corrected chi connectivity index (χ3v) is 3.91. The molecule has 0 fully saturated rings. The summed E-state index contributed by atoms with van der Waals surface area (Å²) in [5.74, 6) is 1.50. The van der Waals surface area contributed by atoms with Crippen LogP contribution in [0.15, 0.2) is 18.2 Å². The Morgan fingerprint density at radius 3 is 2.74 bits per heavy atom. The van der Waals surface area contributed by atoms with Crippen molar-refractivity contribution < 1.29 is 9.53 Å². The standard InChI is InChI=1S/C14H22N2O2S/c1-5-10(9-19-4)16(2)14(17)12-8-11(18-3)6-7-13(12)15/h6-8,10H,5,9,15H2,1-4H3. The lowest BCUT2D eigenvalue weighted by Crippen LogP contribution is -2.38. The van der Waals surface area contributed by atoms with E-state index in [0.717, 1.165) is 12.2 Å². The highest BCUT2D eigenvalue weighted by Gasteiger charge is 2.21. The van der Waals surface area contributed by atoms with Gasteiger partial charge in [-0.15, -0.1) is 0 Å². The predicted octanol–water partition coefficient (Wildman–Crippen LogP) is 2.49. The summed E-state index contributed by atoms with van der Waals surface area (Å²) in [6.07, 6.45) is 2.97. The smallest absolute Gasteiger partial charge is 0.256 e. The van der Waals surface area contributed by atoms with Gasteiger partial charge in [-0.3, -0.25) is 4.79 Å². The van der Waals surface area contributed by atoms with Gasteiger partial charge in [-0.1, -0.05) is 6.92 Å². The van der Waals surface area contributed by atoms with Gasteiger partial charge in [-0.25, -0.2) is 0 Å². The number of methoxy groups -OCH3 is 1. The summed E-state index contributed by atoms with van der Waals surface area (Å²) in [7, 11) is 3.40. The molecule has 1 atom stereocenters.